The molecule has 0 saturated heterocycles. The van der Waals surface area contributed by atoms with Crippen molar-refractivity contribution in [2.24, 2.45) is 0 Å². The van der Waals surface area contributed by atoms with Crippen molar-refractivity contribution in [2.45, 2.75) is 20.3 Å². The standard InChI is InChI=1S/C28H27N/c1-3-26-22(18-19-23-13-8-10-16-27(23)26)12-6-5-7-15-25-21-20-24-14-9-11-17-28(24)29(25)4-2/h5-21H,3-4H2,1-2H3/b7-5+,12-6+,25-15-. The van der Waals surface area contributed by atoms with Crippen LogP contribution in [0, 0.1) is 0 Å². The lowest BCUT2D eigenvalue weighted by atomic mass is 9.97. The van der Waals surface area contributed by atoms with Gasteiger partial charge in [-0.2, -0.15) is 0 Å². The predicted octanol–water partition coefficient (Wildman–Crippen LogP) is 7.41. The lowest BCUT2D eigenvalue weighted by Crippen LogP contribution is -2.23. The Kier molecular flexibility index (Phi) is 5.76. The number of fused-ring (bicyclic) bond motifs is 2. The average molecular weight is 378 g/mol. The van der Waals surface area contributed by atoms with Crippen molar-refractivity contribution in [3.05, 3.63) is 113 Å². The van der Waals surface area contributed by atoms with Gasteiger partial charge in [0.05, 0.1) is 0 Å². The minimum Gasteiger partial charge on any atom is -0.341 e. The van der Waals surface area contributed by atoms with E-state index >= 15 is 0 Å². The number of para-hydroxylation sites is 1. The third kappa shape index (κ3) is 3.95. The Labute approximate surface area is 174 Å². The molecule has 1 aliphatic rings. The van der Waals surface area contributed by atoms with Crippen LogP contribution < -0.4 is 4.90 Å². The molecule has 1 heterocycles. The fraction of sp³-hybridized carbons (Fsp3) is 0.143. The number of anilines is 1. The van der Waals surface area contributed by atoms with E-state index in [4.69, 9.17) is 0 Å². The van der Waals surface area contributed by atoms with Crippen LogP contribution in [0.25, 0.3) is 22.9 Å². The highest BCUT2D eigenvalue weighted by atomic mass is 15.1. The van der Waals surface area contributed by atoms with Gasteiger partial charge in [-0.25, -0.2) is 0 Å². The fourth-order valence-electron chi connectivity index (χ4n) is 4.06. The first kappa shape index (κ1) is 19.0. The third-order valence-corrected chi connectivity index (χ3v) is 5.48. The van der Waals surface area contributed by atoms with Gasteiger partial charge in [-0.15, -0.1) is 0 Å². The van der Waals surface area contributed by atoms with Crippen LogP contribution >= 0.6 is 0 Å². The monoisotopic (exact) mass is 377 g/mol. The highest BCUT2D eigenvalue weighted by molar-refractivity contribution is 5.88. The van der Waals surface area contributed by atoms with Crippen molar-refractivity contribution in [3.8, 4) is 0 Å². The van der Waals surface area contributed by atoms with E-state index in [1.54, 1.807) is 0 Å². The molecule has 4 rings (SSSR count). The summed E-state index contributed by atoms with van der Waals surface area (Å²) in [7, 11) is 0. The topological polar surface area (TPSA) is 3.24 Å². The second kappa shape index (κ2) is 8.79. The van der Waals surface area contributed by atoms with Gasteiger partial charge in [0.2, 0.25) is 0 Å². The van der Waals surface area contributed by atoms with Crippen molar-refractivity contribution >= 4 is 28.6 Å². The summed E-state index contributed by atoms with van der Waals surface area (Å²) >= 11 is 0. The van der Waals surface area contributed by atoms with Crippen molar-refractivity contribution in [2.75, 3.05) is 11.4 Å². The number of hydrogen-bond acceptors (Lipinski definition) is 1. The van der Waals surface area contributed by atoms with E-state index in [2.05, 4.69) is 122 Å². The lowest BCUT2D eigenvalue weighted by molar-refractivity contribution is 0.971. The Balaban J connectivity index is 1.54. The number of rotatable bonds is 5. The van der Waals surface area contributed by atoms with Gasteiger partial charge in [0.1, 0.15) is 0 Å². The third-order valence-electron chi connectivity index (χ3n) is 5.48. The van der Waals surface area contributed by atoms with Gasteiger partial charge in [-0.05, 0) is 59.0 Å². The molecule has 0 fully saturated rings. The Bertz CT molecular complexity index is 1130. The summed E-state index contributed by atoms with van der Waals surface area (Å²) in [6.07, 6.45) is 16.2. The van der Waals surface area contributed by atoms with Crippen LogP contribution in [-0.2, 0) is 6.42 Å². The highest BCUT2D eigenvalue weighted by Crippen LogP contribution is 2.30. The van der Waals surface area contributed by atoms with Gasteiger partial charge < -0.3 is 4.90 Å². The number of aryl methyl sites for hydroxylation is 1. The van der Waals surface area contributed by atoms with Gasteiger partial charge in [-0.1, -0.05) is 91.9 Å². The van der Waals surface area contributed by atoms with E-state index in [0.29, 0.717) is 0 Å². The molecular weight excluding hydrogens is 350 g/mol. The molecule has 0 radical (unpaired) electrons. The van der Waals surface area contributed by atoms with Gasteiger partial charge >= 0.3 is 0 Å². The maximum atomic E-state index is 2.35. The molecule has 0 saturated carbocycles. The molecule has 1 aliphatic heterocycles. The zero-order valence-corrected chi connectivity index (χ0v) is 17.2. The Hall–Kier alpha value is -3.32. The number of hydrogen-bond donors (Lipinski definition) is 0. The Morgan fingerprint density at radius 1 is 0.793 bits per heavy atom. The molecule has 0 bridgehead atoms. The van der Waals surface area contributed by atoms with Crippen LogP contribution in [0.3, 0.4) is 0 Å². The van der Waals surface area contributed by atoms with Crippen molar-refractivity contribution in [1.29, 1.82) is 0 Å². The molecule has 0 spiro atoms. The molecule has 0 amide bonds. The molecule has 3 aromatic carbocycles. The molecular formula is C28H27N. The molecule has 1 heteroatoms. The molecule has 0 atom stereocenters. The Morgan fingerprint density at radius 3 is 2.48 bits per heavy atom. The maximum Gasteiger partial charge on any atom is 0.0484 e. The fourth-order valence-corrected chi connectivity index (χ4v) is 4.06. The average Bonchev–Trinajstić information content (AvgIpc) is 2.78. The van der Waals surface area contributed by atoms with Gasteiger partial charge in [0.15, 0.2) is 0 Å². The molecule has 1 nitrogen and oxygen atoms in total. The zero-order valence-electron chi connectivity index (χ0n) is 17.2. The van der Waals surface area contributed by atoms with Gasteiger partial charge in [-0.3, -0.25) is 0 Å². The van der Waals surface area contributed by atoms with E-state index in [-0.39, 0.29) is 0 Å². The highest BCUT2D eigenvalue weighted by Gasteiger charge is 2.14. The predicted molar refractivity (Wildman–Crippen MR) is 128 cm³/mol. The van der Waals surface area contributed by atoms with Crippen LogP contribution in [-0.4, -0.2) is 6.54 Å². The van der Waals surface area contributed by atoms with Crippen molar-refractivity contribution in [1.82, 2.24) is 0 Å². The van der Waals surface area contributed by atoms with E-state index in [1.807, 2.05) is 0 Å². The molecule has 3 aromatic rings. The summed E-state index contributed by atoms with van der Waals surface area (Å²) in [4.78, 5) is 2.35. The normalized spacial score (nSPS) is 15.1. The lowest BCUT2D eigenvalue weighted by Gasteiger charge is -2.29. The summed E-state index contributed by atoms with van der Waals surface area (Å²) in [6, 6.07) is 21.6. The van der Waals surface area contributed by atoms with Crippen LogP contribution in [0.4, 0.5) is 5.69 Å². The largest absolute Gasteiger partial charge is 0.341 e. The molecule has 29 heavy (non-hydrogen) atoms. The number of allylic oxidation sites excluding steroid dienone is 5. The second-order valence-corrected chi connectivity index (χ2v) is 7.18. The van der Waals surface area contributed by atoms with Crippen molar-refractivity contribution < 1.29 is 0 Å². The molecule has 0 N–H and O–H groups in total. The summed E-state index contributed by atoms with van der Waals surface area (Å²) in [6.45, 7) is 5.37. The summed E-state index contributed by atoms with van der Waals surface area (Å²) in [5.41, 5.74) is 6.48. The SMILES string of the molecule is CCc1c(/C=C/C=C/C=C2/C=Cc3ccccc3N2CC)ccc2ccccc12. The van der Waals surface area contributed by atoms with E-state index < -0.39 is 0 Å². The smallest absolute Gasteiger partial charge is 0.0484 e. The summed E-state index contributed by atoms with van der Waals surface area (Å²) in [5, 5.41) is 2.67. The Morgan fingerprint density at radius 2 is 1.62 bits per heavy atom. The minimum absolute atomic E-state index is 0.952. The van der Waals surface area contributed by atoms with Gasteiger partial charge in [0.25, 0.3) is 0 Å². The van der Waals surface area contributed by atoms with Crippen LogP contribution in [0.5, 0.6) is 0 Å². The second-order valence-electron chi connectivity index (χ2n) is 7.18. The van der Waals surface area contributed by atoms with E-state index in [9.17, 15) is 0 Å². The zero-order chi connectivity index (χ0) is 20.1. The minimum atomic E-state index is 0.952. The first-order valence-corrected chi connectivity index (χ1v) is 10.4. The molecule has 0 aromatic heterocycles. The number of nitrogens with zero attached hydrogens (tertiary/aromatic N) is 1. The first-order valence-electron chi connectivity index (χ1n) is 10.4. The van der Waals surface area contributed by atoms with Crippen LogP contribution in [0.1, 0.15) is 30.5 Å². The van der Waals surface area contributed by atoms with Crippen LogP contribution in [0.15, 0.2) is 96.7 Å². The molecule has 0 aliphatic carbocycles. The first-order chi connectivity index (χ1) is 14.3. The number of benzene rings is 3. The van der Waals surface area contributed by atoms with Gasteiger partial charge in [0, 0.05) is 17.9 Å². The van der Waals surface area contributed by atoms with E-state index in [1.165, 1.54) is 38.8 Å². The van der Waals surface area contributed by atoms with Crippen LogP contribution in [0.2, 0.25) is 0 Å². The van der Waals surface area contributed by atoms with Crippen molar-refractivity contribution in [3.63, 3.8) is 0 Å². The molecule has 144 valence electrons. The quantitative estimate of drug-likeness (QED) is 0.418. The summed E-state index contributed by atoms with van der Waals surface area (Å²) in [5.74, 6) is 0. The maximum absolute atomic E-state index is 2.35. The number of likely N-dealkylation sites (N-methyl/N-ethyl adjacent to an activating group) is 1. The molecule has 0 unspecified atom stereocenters. The van der Waals surface area contributed by atoms with E-state index in [0.717, 1.165) is 13.0 Å². The summed E-state index contributed by atoms with van der Waals surface area (Å²) < 4.78 is 0.